The van der Waals surface area contributed by atoms with Crippen LogP contribution in [0.25, 0.3) is 0 Å². The highest BCUT2D eigenvalue weighted by Crippen LogP contribution is 2.46. The minimum atomic E-state index is -1.22. The van der Waals surface area contributed by atoms with E-state index in [1.807, 2.05) is 0 Å². The first-order valence-corrected chi connectivity index (χ1v) is 8.18. The van der Waals surface area contributed by atoms with Crippen LogP contribution < -0.4 is 4.74 Å². The van der Waals surface area contributed by atoms with Gasteiger partial charge in [0.25, 0.3) is 0 Å². The van der Waals surface area contributed by atoms with Crippen LogP contribution in [-0.4, -0.2) is 17.7 Å². The molecule has 3 rings (SSSR count). The third kappa shape index (κ3) is 3.26. The van der Waals surface area contributed by atoms with Gasteiger partial charge in [0, 0.05) is 11.5 Å². The van der Waals surface area contributed by atoms with Crippen molar-refractivity contribution in [2.45, 2.75) is 57.8 Å². The van der Waals surface area contributed by atoms with Crippen molar-refractivity contribution in [2.75, 3.05) is 6.61 Å². The summed E-state index contributed by atoms with van der Waals surface area (Å²) in [6.07, 6.45) is 8.06. The lowest BCUT2D eigenvalue weighted by Gasteiger charge is -2.33. The SMILES string of the molecule is CC1(COc2cc(F)c(C(=O)O)cc2C2CC2)CCCCC1. The van der Waals surface area contributed by atoms with Gasteiger partial charge in [0.2, 0.25) is 0 Å². The van der Waals surface area contributed by atoms with E-state index in [9.17, 15) is 9.18 Å². The average Bonchev–Trinajstić information content (AvgIpc) is 3.30. The Labute approximate surface area is 130 Å². The van der Waals surface area contributed by atoms with Crippen molar-refractivity contribution >= 4 is 5.97 Å². The second-order valence-corrected chi connectivity index (χ2v) is 7.11. The second-order valence-electron chi connectivity index (χ2n) is 7.11. The van der Waals surface area contributed by atoms with Gasteiger partial charge in [-0.1, -0.05) is 26.2 Å². The average molecular weight is 306 g/mol. The van der Waals surface area contributed by atoms with Gasteiger partial charge in [-0.2, -0.15) is 0 Å². The molecule has 3 nitrogen and oxygen atoms in total. The Kier molecular flexibility index (Phi) is 4.11. The lowest BCUT2D eigenvalue weighted by Crippen LogP contribution is -2.28. The van der Waals surface area contributed by atoms with Crippen molar-refractivity contribution < 1.29 is 19.0 Å². The molecular weight excluding hydrogens is 283 g/mol. The molecule has 0 saturated heterocycles. The molecule has 1 N–H and O–H groups in total. The minimum absolute atomic E-state index is 0.154. The molecule has 1 aromatic carbocycles. The summed E-state index contributed by atoms with van der Waals surface area (Å²) in [6.45, 7) is 2.81. The molecule has 0 radical (unpaired) electrons. The highest BCUT2D eigenvalue weighted by atomic mass is 19.1. The maximum Gasteiger partial charge on any atom is 0.338 e. The van der Waals surface area contributed by atoms with Gasteiger partial charge in [-0.3, -0.25) is 0 Å². The number of benzene rings is 1. The summed E-state index contributed by atoms with van der Waals surface area (Å²) in [6, 6.07) is 2.73. The van der Waals surface area contributed by atoms with E-state index < -0.39 is 11.8 Å². The third-order valence-corrected chi connectivity index (χ3v) is 4.98. The predicted octanol–water partition coefficient (Wildman–Crippen LogP) is 4.75. The first-order chi connectivity index (χ1) is 10.5. The second kappa shape index (κ2) is 5.90. The quantitative estimate of drug-likeness (QED) is 0.854. The monoisotopic (exact) mass is 306 g/mol. The van der Waals surface area contributed by atoms with Gasteiger partial charge in [-0.25, -0.2) is 9.18 Å². The molecular formula is C18H23FO3. The topological polar surface area (TPSA) is 46.5 Å². The molecule has 1 aromatic rings. The van der Waals surface area contributed by atoms with E-state index in [0.29, 0.717) is 18.3 Å². The summed E-state index contributed by atoms with van der Waals surface area (Å²) in [5.41, 5.74) is 0.762. The van der Waals surface area contributed by atoms with Crippen molar-refractivity contribution in [1.82, 2.24) is 0 Å². The molecule has 4 heteroatoms. The van der Waals surface area contributed by atoms with Crippen molar-refractivity contribution in [3.63, 3.8) is 0 Å². The van der Waals surface area contributed by atoms with Crippen LogP contribution in [0.1, 0.15) is 73.7 Å². The molecule has 120 valence electrons. The number of carboxylic acid groups (broad SMARTS) is 1. The van der Waals surface area contributed by atoms with E-state index in [1.54, 1.807) is 0 Å². The molecule has 2 aliphatic rings. The molecule has 0 amide bonds. The van der Waals surface area contributed by atoms with Crippen LogP contribution >= 0.6 is 0 Å². The maximum absolute atomic E-state index is 14.0. The zero-order valence-electron chi connectivity index (χ0n) is 13.0. The Hall–Kier alpha value is -1.58. The predicted molar refractivity (Wildman–Crippen MR) is 82.0 cm³/mol. The highest BCUT2D eigenvalue weighted by molar-refractivity contribution is 5.88. The normalized spacial score (nSPS) is 20.6. The first-order valence-electron chi connectivity index (χ1n) is 8.18. The van der Waals surface area contributed by atoms with E-state index in [-0.39, 0.29) is 11.0 Å². The standard InChI is InChI=1S/C18H23FO3/c1-18(7-3-2-4-8-18)11-22-16-10-15(19)14(17(20)21)9-13(16)12-5-6-12/h9-10,12H,2-8,11H2,1H3,(H,20,21). The largest absolute Gasteiger partial charge is 0.493 e. The van der Waals surface area contributed by atoms with E-state index in [4.69, 9.17) is 9.84 Å². The maximum atomic E-state index is 14.0. The first kappa shape index (κ1) is 15.3. The third-order valence-electron chi connectivity index (χ3n) is 4.98. The molecule has 22 heavy (non-hydrogen) atoms. The van der Waals surface area contributed by atoms with Crippen molar-refractivity contribution in [3.05, 3.63) is 29.1 Å². The number of aromatic carboxylic acids is 1. The number of hydrogen-bond donors (Lipinski definition) is 1. The van der Waals surface area contributed by atoms with Gasteiger partial charge in [-0.15, -0.1) is 0 Å². The molecule has 0 aromatic heterocycles. The number of carboxylic acids is 1. The number of carbonyl (C=O) groups is 1. The van der Waals surface area contributed by atoms with Gasteiger partial charge < -0.3 is 9.84 Å². The van der Waals surface area contributed by atoms with Crippen molar-refractivity contribution in [3.8, 4) is 5.75 Å². The Morgan fingerprint density at radius 1 is 1.32 bits per heavy atom. The van der Waals surface area contributed by atoms with Crippen LogP contribution in [0.15, 0.2) is 12.1 Å². The van der Waals surface area contributed by atoms with Crippen LogP contribution in [0.3, 0.4) is 0 Å². The number of hydrogen-bond acceptors (Lipinski definition) is 2. The van der Waals surface area contributed by atoms with E-state index >= 15 is 0 Å². The smallest absolute Gasteiger partial charge is 0.338 e. The van der Waals surface area contributed by atoms with Crippen LogP contribution in [-0.2, 0) is 0 Å². The molecule has 0 bridgehead atoms. The fourth-order valence-corrected chi connectivity index (χ4v) is 3.38. The fourth-order valence-electron chi connectivity index (χ4n) is 3.38. The van der Waals surface area contributed by atoms with Gasteiger partial charge in [0.15, 0.2) is 0 Å². The molecule has 0 spiro atoms. The summed E-state index contributed by atoms with van der Waals surface area (Å²) in [7, 11) is 0. The fraction of sp³-hybridized carbons (Fsp3) is 0.611. The van der Waals surface area contributed by atoms with Gasteiger partial charge in [-0.05, 0) is 43.2 Å². The Balaban J connectivity index is 1.80. The molecule has 2 aliphatic carbocycles. The summed E-state index contributed by atoms with van der Waals surface area (Å²) in [5.74, 6) is -1.06. The zero-order valence-corrected chi connectivity index (χ0v) is 13.0. The van der Waals surface area contributed by atoms with Crippen molar-refractivity contribution in [1.29, 1.82) is 0 Å². The summed E-state index contributed by atoms with van der Waals surface area (Å²) < 4.78 is 19.9. The van der Waals surface area contributed by atoms with Crippen LogP contribution in [0, 0.1) is 11.2 Å². The molecule has 0 atom stereocenters. The lowest BCUT2D eigenvalue weighted by molar-refractivity contribution is 0.0691. The summed E-state index contributed by atoms with van der Waals surface area (Å²) in [5, 5.41) is 9.08. The number of halogens is 1. The van der Waals surface area contributed by atoms with Crippen LogP contribution in [0.2, 0.25) is 0 Å². The van der Waals surface area contributed by atoms with Crippen LogP contribution in [0.5, 0.6) is 5.75 Å². The van der Waals surface area contributed by atoms with E-state index in [0.717, 1.165) is 31.2 Å². The Bertz CT molecular complexity index is 572. The number of rotatable bonds is 5. The van der Waals surface area contributed by atoms with Gasteiger partial charge >= 0.3 is 5.97 Å². The Morgan fingerprint density at radius 3 is 2.59 bits per heavy atom. The van der Waals surface area contributed by atoms with Crippen LogP contribution in [0.4, 0.5) is 4.39 Å². The molecule has 2 fully saturated rings. The highest BCUT2D eigenvalue weighted by Gasteiger charge is 2.31. The van der Waals surface area contributed by atoms with E-state index in [1.165, 1.54) is 31.4 Å². The molecule has 2 saturated carbocycles. The lowest BCUT2D eigenvalue weighted by atomic mass is 9.76. The Morgan fingerprint density at radius 2 is 2.00 bits per heavy atom. The molecule has 0 aliphatic heterocycles. The molecule has 0 heterocycles. The summed E-state index contributed by atoms with van der Waals surface area (Å²) in [4.78, 5) is 11.1. The number of ether oxygens (including phenoxy) is 1. The molecule has 0 unspecified atom stereocenters. The summed E-state index contributed by atoms with van der Waals surface area (Å²) >= 11 is 0. The van der Waals surface area contributed by atoms with E-state index in [2.05, 4.69) is 6.92 Å². The zero-order chi connectivity index (χ0) is 15.7. The van der Waals surface area contributed by atoms with Gasteiger partial charge in [0.05, 0.1) is 12.2 Å². The van der Waals surface area contributed by atoms with Crippen molar-refractivity contribution in [2.24, 2.45) is 5.41 Å². The van der Waals surface area contributed by atoms with Gasteiger partial charge in [0.1, 0.15) is 11.6 Å². The minimum Gasteiger partial charge on any atom is -0.493 e.